The Bertz CT molecular complexity index is 473. The molecule has 1 rings (SSSR count). The van der Waals surface area contributed by atoms with E-state index < -0.39 is 0 Å². The first kappa shape index (κ1) is 15.8. The van der Waals surface area contributed by atoms with Crippen LogP contribution in [0.5, 0.6) is 17.2 Å². The third-order valence-corrected chi connectivity index (χ3v) is 2.65. The number of methoxy groups -OCH3 is 3. The van der Waals surface area contributed by atoms with Gasteiger partial charge in [-0.1, -0.05) is 0 Å². The van der Waals surface area contributed by atoms with Gasteiger partial charge in [-0.15, -0.1) is 0 Å². The number of ether oxygens (including phenoxy) is 3. The molecule has 1 aromatic carbocycles. The van der Waals surface area contributed by atoms with E-state index in [1.807, 2.05) is 0 Å². The molecule has 0 aromatic heterocycles. The van der Waals surface area contributed by atoms with Gasteiger partial charge in [0.2, 0.25) is 11.7 Å². The van der Waals surface area contributed by atoms with Crippen LogP contribution in [0.4, 0.5) is 5.69 Å². The van der Waals surface area contributed by atoms with E-state index in [4.69, 9.17) is 14.2 Å². The first-order chi connectivity index (χ1) is 9.51. The van der Waals surface area contributed by atoms with Crippen molar-refractivity contribution in [3.8, 4) is 17.2 Å². The van der Waals surface area contributed by atoms with Gasteiger partial charge in [-0.05, 0) is 6.92 Å². The van der Waals surface area contributed by atoms with Crippen molar-refractivity contribution in [1.29, 1.82) is 0 Å². The minimum Gasteiger partial charge on any atom is -0.493 e. The van der Waals surface area contributed by atoms with Crippen molar-refractivity contribution in [3.63, 3.8) is 0 Å². The summed E-state index contributed by atoms with van der Waals surface area (Å²) in [4.78, 5) is 22.5. The van der Waals surface area contributed by atoms with E-state index in [2.05, 4.69) is 5.32 Å². The molecule has 0 saturated heterocycles. The van der Waals surface area contributed by atoms with Gasteiger partial charge in [0, 0.05) is 30.7 Å². The van der Waals surface area contributed by atoms with Gasteiger partial charge in [-0.25, -0.2) is 0 Å². The molecule has 110 valence electrons. The second-order valence-corrected chi connectivity index (χ2v) is 4.16. The van der Waals surface area contributed by atoms with E-state index in [1.54, 1.807) is 12.1 Å². The second-order valence-electron chi connectivity index (χ2n) is 4.16. The lowest BCUT2D eigenvalue weighted by Crippen LogP contribution is -2.13. The summed E-state index contributed by atoms with van der Waals surface area (Å²) in [5.41, 5.74) is 0.521. The van der Waals surface area contributed by atoms with Crippen LogP contribution in [0.1, 0.15) is 19.8 Å². The maximum Gasteiger partial charge on any atom is 0.224 e. The van der Waals surface area contributed by atoms with E-state index in [0.717, 1.165) is 0 Å². The van der Waals surface area contributed by atoms with Crippen molar-refractivity contribution in [2.24, 2.45) is 0 Å². The summed E-state index contributed by atoms with van der Waals surface area (Å²) in [6, 6.07) is 3.26. The zero-order valence-corrected chi connectivity index (χ0v) is 12.1. The number of hydrogen-bond donors (Lipinski definition) is 1. The molecule has 0 aliphatic rings. The molecule has 1 amide bonds. The molecule has 0 aliphatic heterocycles. The first-order valence-electron chi connectivity index (χ1n) is 6.11. The number of benzene rings is 1. The topological polar surface area (TPSA) is 73.9 Å². The van der Waals surface area contributed by atoms with Crippen LogP contribution in [0.15, 0.2) is 12.1 Å². The fourth-order valence-corrected chi connectivity index (χ4v) is 1.67. The molecule has 0 radical (unpaired) electrons. The van der Waals surface area contributed by atoms with E-state index in [9.17, 15) is 9.59 Å². The molecule has 0 spiro atoms. The average molecular weight is 281 g/mol. The van der Waals surface area contributed by atoms with E-state index >= 15 is 0 Å². The molecule has 0 saturated carbocycles. The van der Waals surface area contributed by atoms with Crippen molar-refractivity contribution >= 4 is 17.4 Å². The first-order valence-corrected chi connectivity index (χ1v) is 6.11. The molecule has 0 bridgehead atoms. The van der Waals surface area contributed by atoms with Crippen molar-refractivity contribution in [2.45, 2.75) is 19.8 Å². The highest BCUT2D eigenvalue weighted by Gasteiger charge is 2.14. The maximum atomic E-state index is 11.7. The molecule has 0 aliphatic carbocycles. The lowest BCUT2D eigenvalue weighted by atomic mass is 10.2. The van der Waals surface area contributed by atoms with Crippen LogP contribution in [-0.2, 0) is 9.59 Å². The summed E-state index contributed by atoms with van der Waals surface area (Å²) in [5.74, 6) is 1.10. The van der Waals surface area contributed by atoms with Gasteiger partial charge >= 0.3 is 0 Å². The molecular formula is C14H19NO5. The summed E-state index contributed by atoms with van der Waals surface area (Å²) in [5, 5.41) is 2.69. The molecule has 20 heavy (non-hydrogen) atoms. The molecule has 6 nitrogen and oxygen atoms in total. The molecule has 0 heterocycles. The van der Waals surface area contributed by atoms with Crippen LogP contribution >= 0.6 is 0 Å². The Hall–Kier alpha value is -2.24. The lowest BCUT2D eigenvalue weighted by Gasteiger charge is -2.14. The minimum absolute atomic E-state index is 0.0231. The van der Waals surface area contributed by atoms with E-state index in [1.165, 1.54) is 28.3 Å². The van der Waals surface area contributed by atoms with Crippen LogP contribution in [0.3, 0.4) is 0 Å². The van der Waals surface area contributed by atoms with Gasteiger partial charge in [0.15, 0.2) is 11.5 Å². The summed E-state index contributed by atoms with van der Waals surface area (Å²) in [6.45, 7) is 1.45. The van der Waals surface area contributed by atoms with Crippen LogP contribution in [-0.4, -0.2) is 33.0 Å². The van der Waals surface area contributed by atoms with Gasteiger partial charge < -0.3 is 24.3 Å². The summed E-state index contributed by atoms with van der Waals surface area (Å²) >= 11 is 0. The number of carbonyl (C=O) groups excluding carboxylic acids is 2. The van der Waals surface area contributed by atoms with Gasteiger partial charge in [-0.3, -0.25) is 4.79 Å². The zero-order valence-electron chi connectivity index (χ0n) is 12.1. The highest BCUT2D eigenvalue weighted by atomic mass is 16.5. The van der Waals surface area contributed by atoms with Crippen molar-refractivity contribution in [1.82, 2.24) is 0 Å². The number of nitrogens with one attached hydrogen (secondary N) is 1. The summed E-state index contributed by atoms with van der Waals surface area (Å²) in [6.07, 6.45) is 0.363. The molecule has 0 unspecified atom stereocenters. The largest absolute Gasteiger partial charge is 0.493 e. The van der Waals surface area contributed by atoms with Crippen molar-refractivity contribution in [2.75, 3.05) is 26.6 Å². The molecule has 0 fully saturated rings. The Balaban J connectivity index is 2.90. The molecular weight excluding hydrogens is 262 g/mol. The van der Waals surface area contributed by atoms with Crippen molar-refractivity contribution < 1.29 is 23.8 Å². The summed E-state index contributed by atoms with van der Waals surface area (Å²) < 4.78 is 15.6. The number of carbonyl (C=O) groups is 2. The normalized spacial score (nSPS) is 9.80. The Morgan fingerprint density at radius 2 is 1.55 bits per heavy atom. The van der Waals surface area contributed by atoms with Crippen LogP contribution < -0.4 is 19.5 Å². The van der Waals surface area contributed by atoms with Crippen LogP contribution in [0.2, 0.25) is 0 Å². The number of Topliss-reactive ketones (excluding diaryl/α,β-unsaturated/α-hetero) is 1. The predicted molar refractivity (Wildman–Crippen MR) is 74.6 cm³/mol. The standard InChI is InChI=1S/C14H19NO5/c1-9(16)5-6-13(17)15-10-7-11(18-2)14(20-4)12(8-10)19-3/h7-8H,5-6H2,1-4H3,(H,15,17). The number of ketones is 1. The van der Waals surface area contributed by atoms with Gasteiger partial charge in [0.25, 0.3) is 0 Å². The molecule has 6 heteroatoms. The SMILES string of the molecule is COc1cc(NC(=O)CCC(C)=O)cc(OC)c1OC. The predicted octanol–water partition coefficient (Wildman–Crippen LogP) is 2.02. The number of hydrogen-bond acceptors (Lipinski definition) is 5. The highest BCUT2D eigenvalue weighted by Crippen LogP contribution is 2.39. The van der Waals surface area contributed by atoms with Crippen molar-refractivity contribution in [3.05, 3.63) is 12.1 Å². The Morgan fingerprint density at radius 1 is 1.00 bits per heavy atom. The number of amides is 1. The quantitative estimate of drug-likeness (QED) is 0.827. The third kappa shape index (κ3) is 4.15. The van der Waals surface area contributed by atoms with Gasteiger partial charge in [-0.2, -0.15) is 0 Å². The fraction of sp³-hybridized carbons (Fsp3) is 0.429. The van der Waals surface area contributed by atoms with Crippen LogP contribution in [0.25, 0.3) is 0 Å². The smallest absolute Gasteiger partial charge is 0.224 e. The monoisotopic (exact) mass is 281 g/mol. The Morgan fingerprint density at radius 3 is 1.95 bits per heavy atom. The molecule has 1 N–H and O–H groups in total. The van der Waals surface area contributed by atoms with E-state index in [-0.39, 0.29) is 24.5 Å². The van der Waals surface area contributed by atoms with E-state index in [0.29, 0.717) is 22.9 Å². The molecule has 1 aromatic rings. The van der Waals surface area contributed by atoms with Crippen LogP contribution in [0, 0.1) is 0 Å². The van der Waals surface area contributed by atoms with Gasteiger partial charge in [0.1, 0.15) is 5.78 Å². The fourth-order valence-electron chi connectivity index (χ4n) is 1.67. The second kappa shape index (κ2) is 7.37. The Kier molecular flexibility index (Phi) is 5.83. The average Bonchev–Trinajstić information content (AvgIpc) is 2.43. The summed E-state index contributed by atoms with van der Waals surface area (Å²) in [7, 11) is 4.50. The maximum absolute atomic E-state index is 11.7. The zero-order chi connectivity index (χ0) is 15.1. The Labute approximate surface area is 118 Å². The minimum atomic E-state index is -0.241. The van der Waals surface area contributed by atoms with Gasteiger partial charge in [0.05, 0.1) is 21.3 Å². The molecule has 0 atom stereocenters. The highest BCUT2D eigenvalue weighted by molar-refractivity contribution is 5.93. The lowest BCUT2D eigenvalue weighted by molar-refractivity contribution is -0.121. The number of anilines is 1. The number of rotatable bonds is 7. The third-order valence-electron chi connectivity index (χ3n) is 2.65.